The summed E-state index contributed by atoms with van der Waals surface area (Å²) in [5.41, 5.74) is 1.29. The number of nitrogens with zero attached hydrogens (tertiary/aromatic N) is 2. The van der Waals surface area contributed by atoms with E-state index in [1.165, 1.54) is 18.5 Å². The molecular formula is C18H26N4O. The molecule has 5 nitrogen and oxygen atoms in total. The maximum Gasteiger partial charge on any atom is 0.223 e. The Bertz CT molecular complexity index is 582. The van der Waals surface area contributed by atoms with Crippen molar-refractivity contribution in [1.82, 2.24) is 15.5 Å². The average Bonchev–Trinajstić information content (AvgIpc) is 3.34. The van der Waals surface area contributed by atoms with Gasteiger partial charge in [0, 0.05) is 42.7 Å². The van der Waals surface area contributed by atoms with Crippen molar-refractivity contribution < 1.29 is 4.79 Å². The zero-order valence-corrected chi connectivity index (χ0v) is 13.6. The Morgan fingerprint density at radius 2 is 2.00 bits per heavy atom. The van der Waals surface area contributed by atoms with Crippen LogP contribution in [0.2, 0.25) is 0 Å². The molecule has 0 spiro atoms. The van der Waals surface area contributed by atoms with Crippen LogP contribution >= 0.6 is 0 Å². The summed E-state index contributed by atoms with van der Waals surface area (Å²) < 4.78 is 0. The fourth-order valence-electron chi connectivity index (χ4n) is 3.69. The minimum atomic E-state index is 0.186. The van der Waals surface area contributed by atoms with Crippen LogP contribution in [0.5, 0.6) is 0 Å². The Hall–Kier alpha value is -1.78. The third-order valence-corrected chi connectivity index (χ3v) is 5.41. The van der Waals surface area contributed by atoms with Crippen LogP contribution in [-0.4, -0.2) is 35.2 Å². The molecule has 2 heterocycles. The largest absolute Gasteiger partial charge is 0.355 e. The second-order valence-corrected chi connectivity index (χ2v) is 7.21. The standard InChI is InChI=1S/C18H26N4O/c23-18(14-4-2-1-3-5-14)19-15-8-10-22(11-9-15)17-12-16(20-21-17)13-6-7-13/h1-2,12-15H,3-11H2,(H,19,23)(H,20,21)/t14-/m0/s1. The first kappa shape index (κ1) is 14.8. The van der Waals surface area contributed by atoms with Crippen molar-refractivity contribution in [3.63, 3.8) is 0 Å². The minimum absolute atomic E-state index is 0.186. The number of hydrogen-bond acceptors (Lipinski definition) is 3. The maximum atomic E-state index is 12.3. The maximum absolute atomic E-state index is 12.3. The van der Waals surface area contributed by atoms with Gasteiger partial charge >= 0.3 is 0 Å². The van der Waals surface area contributed by atoms with Gasteiger partial charge in [-0.25, -0.2) is 0 Å². The summed E-state index contributed by atoms with van der Waals surface area (Å²) in [4.78, 5) is 14.7. The van der Waals surface area contributed by atoms with Crippen molar-refractivity contribution in [2.24, 2.45) is 5.92 Å². The second kappa shape index (κ2) is 6.38. The summed E-state index contributed by atoms with van der Waals surface area (Å²) >= 11 is 0. The smallest absolute Gasteiger partial charge is 0.223 e. The number of aromatic amines is 1. The number of anilines is 1. The molecule has 2 aliphatic carbocycles. The van der Waals surface area contributed by atoms with Gasteiger partial charge in [-0.2, -0.15) is 5.10 Å². The quantitative estimate of drug-likeness (QED) is 0.840. The molecule has 1 saturated heterocycles. The Kier molecular flexibility index (Phi) is 4.10. The fourth-order valence-corrected chi connectivity index (χ4v) is 3.69. The molecule has 0 bridgehead atoms. The molecule has 4 rings (SSSR count). The van der Waals surface area contributed by atoms with Gasteiger partial charge in [0.05, 0.1) is 0 Å². The highest BCUT2D eigenvalue weighted by atomic mass is 16.1. The van der Waals surface area contributed by atoms with E-state index in [0.29, 0.717) is 6.04 Å². The highest BCUT2D eigenvalue weighted by Crippen LogP contribution is 2.40. The van der Waals surface area contributed by atoms with Gasteiger partial charge in [-0.1, -0.05) is 12.2 Å². The first-order valence-electron chi connectivity index (χ1n) is 9.05. The molecular weight excluding hydrogens is 288 g/mol. The molecule has 1 aromatic heterocycles. The van der Waals surface area contributed by atoms with Gasteiger partial charge in [0.2, 0.25) is 5.91 Å². The third-order valence-electron chi connectivity index (χ3n) is 5.41. The van der Waals surface area contributed by atoms with Gasteiger partial charge in [-0.3, -0.25) is 9.89 Å². The minimum Gasteiger partial charge on any atom is -0.355 e. The van der Waals surface area contributed by atoms with E-state index in [2.05, 4.69) is 38.6 Å². The lowest BCUT2D eigenvalue weighted by atomic mass is 9.93. The summed E-state index contributed by atoms with van der Waals surface area (Å²) in [6.45, 7) is 1.95. The second-order valence-electron chi connectivity index (χ2n) is 7.21. The lowest BCUT2D eigenvalue weighted by Gasteiger charge is -2.33. The molecule has 1 atom stereocenters. The van der Waals surface area contributed by atoms with Gasteiger partial charge in [0.25, 0.3) is 0 Å². The monoisotopic (exact) mass is 314 g/mol. The van der Waals surface area contributed by atoms with Crippen LogP contribution in [0.3, 0.4) is 0 Å². The number of carbonyl (C=O) groups is 1. The molecule has 0 aromatic carbocycles. The Morgan fingerprint density at radius 3 is 2.70 bits per heavy atom. The van der Waals surface area contributed by atoms with Crippen LogP contribution in [0.25, 0.3) is 0 Å². The highest BCUT2D eigenvalue weighted by molar-refractivity contribution is 5.79. The van der Waals surface area contributed by atoms with Crippen molar-refractivity contribution in [3.8, 4) is 0 Å². The van der Waals surface area contributed by atoms with Crippen molar-refractivity contribution >= 4 is 11.7 Å². The van der Waals surface area contributed by atoms with E-state index >= 15 is 0 Å². The van der Waals surface area contributed by atoms with E-state index in [1.807, 2.05) is 0 Å². The van der Waals surface area contributed by atoms with Crippen LogP contribution < -0.4 is 10.2 Å². The summed E-state index contributed by atoms with van der Waals surface area (Å²) in [6.07, 6.45) is 11.9. The molecule has 0 radical (unpaired) electrons. The van der Waals surface area contributed by atoms with Gasteiger partial charge < -0.3 is 10.2 Å². The van der Waals surface area contributed by atoms with Crippen molar-refractivity contribution in [2.45, 2.75) is 56.9 Å². The van der Waals surface area contributed by atoms with Crippen LogP contribution in [0.4, 0.5) is 5.82 Å². The summed E-state index contributed by atoms with van der Waals surface area (Å²) in [7, 11) is 0. The first-order valence-corrected chi connectivity index (χ1v) is 9.05. The third kappa shape index (κ3) is 3.43. The van der Waals surface area contributed by atoms with E-state index < -0.39 is 0 Å². The molecule has 2 N–H and O–H groups in total. The number of hydrogen-bond donors (Lipinski definition) is 2. The Balaban J connectivity index is 1.26. The molecule has 23 heavy (non-hydrogen) atoms. The zero-order chi connectivity index (χ0) is 15.6. The molecule has 1 saturated carbocycles. The van der Waals surface area contributed by atoms with Gasteiger partial charge in [0.1, 0.15) is 0 Å². The summed E-state index contributed by atoms with van der Waals surface area (Å²) in [5, 5.41) is 10.9. The normalized spacial score (nSPS) is 25.6. The van der Waals surface area contributed by atoms with E-state index in [9.17, 15) is 4.79 Å². The summed E-state index contributed by atoms with van der Waals surface area (Å²) in [6, 6.07) is 2.54. The SMILES string of the molecule is O=C(NC1CCN(c2cc(C3CC3)[nH]n2)CC1)[C@H]1CC=CCC1. The highest BCUT2D eigenvalue weighted by Gasteiger charge is 2.28. The van der Waals surface area contributed by atoms with Crippen LogP contribution in [0.1, 0.15) is 56.6 Å². The molecule has 0 unspecified atom stereocenters. The Labute approximate surface area is 137 Å². The molecule has 2 fully saturated rings. The molecule has 1 amide bonds. The number of carbonyl (C=O) groups excluding carboxylic acids is 1. The molecule has 1 aliphatic heterocycles. The summed E-state index contributed by atoms with van der Waals surface area (Å²) in [5.74, 6) is 2.24. The lowest BCUT2D eigenvalue weighted by Crippen LogP contribution is -2.46. The predicted octanol–water partition coefficient (Wildman–Crippen LogP) is 2.73. The van der Waals surface area contributed by atoms with Gasteiger partial charge in [0.15, 0.2) is 5.82 Å². The van der Waals surface area contributed by atoms with E-state index in [0.717, 1.165) is 56.9 Å². The number of aromatic nitrogens is 2. The van der Waals surface area contributed by atoms with E-state index in [1.54, 1.807) is 0 Å². The van der Waals surface area contributed by atoms with Crippen molar-refractivity contribution in [3.05, 3.63) is 23.9 Å². The van der Waals surface area contributed by atoms with Crippen LogP contribution in [-0.2, 0) is 4.79 Å². The molecule has 3 aliphatic rings. The zero-order valence-electron chi connectivity index (χ0n) is 13.6. The Morgan fingerprint density at radius 1 is 1.17 bits per heavy atom. The van der Waals surface area contributed by atoms with Gasteiger partial charge in [-0.15, -0.1) is 0 Å². The van der Waals surface area contributed by atoms with E-state index in [-0.39, 0.29) is 11.8 Å². The predicted molar refractivity (Wildman–Crippen MR) is 90.4 cm³/mol. The number of H-pyrrole nitrogens is 1. The molecule has 5 heteroatoms. The molecule has 124 valence electrons. The number of allylic oxidation sites excluding steroid dienone is 2. The average molecular weight is 314 g/mol. The van der Waals surface area contributed by atoms with Crippen LogP contribution in [0.15, 0.2) is 18.2 Å². The topological polar surface area (TPSA) is 61.0 Å². The number of rotatable bonds is 4. The van der Waals surface area contributed by atoms with Crippen LogP contribution in [0, 0.1) is 5.92 Å². The molecule has 1 aromatic rings. The van der Waals surface area contributed by atoms with Gasteiger partial charge in [-0.05, 0) is 44.9 Å². The van der Waals surface area contributed by atoms with E-state index in [4.69, 9.17) is 0 Å². The number of nitrogens with one attached hydrogen (secondary N) is 2. The fraction of sp³-hybridized carbons (Fsp3) is 0.667. The number of amides is 1. The number of piperidine rings is 1. The van der Waals surface area contributed by atoms with Crippen molar-refractivity contribution in [2.75, 3.05) is 18.0 Å². The van der Waals surface area contributed by atoms with Crippen molar-refractivity contribution in [1.29, 1.82) is 0 Å². The first-order chi connectivity index (χ1) is 11.3. The lowest BCUT2D eigenvalue weighted by molar-refractivity contribution is -0.126.